The predicted octanol–water partition coefficient (Wildman–Crippen LogP) is 3.19. The number of hydrogen-bond acceptors (Lipinski definition) is 1. The minimum absolute atomic E-state index is 0.0918. The fourth-order valence-corrected chi connectivity index (χ4v) is 1.57. The third-order valence-corrected chi connectivity index (χ3v) is 2.39. The van der Waals surface area contributed by atoms with Crippen molar-refractivity contribution in [2.24, 2.45) is 0 Å². The quantitative estimate of drug-likeness (QED) is 0.851. The van der Waals surface area contributed by atoms with E-state index >= 15 is 0 Å². The molecule has 1 N–H and O–H groups in total. The smallest absolute Gasteiger partial charge is 0.126 e. The molecule has 0 fully saturated rings. The van der Waals surface area contributed by atoms with Crippen LogP contribution in [0.4, 0.5) is 13.2 Å². The van der Waals surface area contributed by atoms with E-state index in [1.54, 1.807) is 0 Å². The van der Waals surface area contributed by atoms with Crippen LogP contribution in [-0.2, 0) is 0 Å². The molecule has 0 saturated heterocycles. The first-order valence-corrected chi connectivity index (χ1v) is 4.96. The first-order valence-electron chi connectivity index (χ1n) is 4.96. The van der Waals surface area contributed by atoms with Crippen LogP contribution in [0.25, 0.3) is 0 Å². The summed E-state index contributed by atoms with van der Waals surface area (Å²) in [6.07, 6.45) is -1.18. The molecule has 4 heteroatoms. The van der Waals surface area contributed by atoms with Crippen LogP contribution in [0.2, 0.25) is 0 Å². The summed E-state index contributed by atoms with van der Waals surface area (Å²) in [5.41, 5.74) is 0.463. The third kappa shape index (κ3) is 2.65. The van der Waals surface area contributed by atoms with Gasteiger partial charge in [-0.25, -0.2) is 13.2 Å². The molecule has 2 rings (SSSR count). The van der Waals surface area contributed by atoms with Crippen LogP contribution in [0.15, 0.2) is 42.5 Å². The molecule has 88 valence electrons. The summed E-state index contributed by atoms with van der Waals surface area (Å²) in [7, 11) is 0. The van der Waals surface area contributed by atoms with Gasteiger partial charge in [0.05, 0.1) is 0 Å². The largest absolute Gasteiger partial charge is 0.384 e. The Bertz CT molecular complexity index is 502. The summed E-state index contributed by atoms with van der Waals surface area (Å²) in [5, 5.41) is 9.88. The lowest BCUT2D eigenvalue weighted by atomic mass is 10.0. The van der Waals surface area contributed by atoms with Crippen LogP contribution in [-0.4, -0.2) is 5.11 Å². The van der Waals surface area contributed by atoms with Crippen molar-refractivity contribution < 1.29 is 18.3 Å². The summed E-state index contributed by atoms with van der Waals surface area (Å²) in [4.78, 5) is 0. The Hall–Kier alpha value is -1.81. The molecule has 0 aliphatic heterocycles. The zero-order valence-corrected chi connectivity index (χ0v) is 8.70. The molecule has 1 unspecified atom stereocenters. The van der Waals surface area contributed by atoms with E-state index in [4.69, 9.17) is 0 Å². The molecule has 2 aromatic rings. The Labute approximate surface area is 96.1 Å². The van der Waals surface area contributed by atoms with Gasteiger partial charge in [0, 0.05) is 6.07 Å². The lowest BCUT2D eigenvalue weighted by Gasteiger charge is -2.11. The Kier molecular flexibility index (Phi) is 3.15. The van der Waals surface area contributed by atoms with Crippen molar-refractivity contribution in [1.82, 2.24) is 0 Å². The Morgan fingerprint density at radius 3 is 1.76 bits per heavy atom. The SMILES string of the molecule is OC(c1ccc(F)cc1)c1cc(F)cc(F)c1. The monoisotopic (exact) mass is 238 g/mol. The minimum atomic E-state index is -1.18. The van der Waals surface area contributed by atoms with E-state index < -0.39 is 23.6 Å². The number of rotatable bonds is 2. The van der Waals surface area contributed by atoms with Crippen molar-refractivity contribution in [2.75, 3.05) is 0 Å². The molecule has 1 nitrogen and oxygen atoms in total. The Balaban J connectivity index is 2.36. The molecule has 0 aliphatic carbocycles. The second-order valence-electron chi connectivity index (χ2n) is 3.66. The third-order valence-electron chi connectivity index (χ3n) is 2.39. The van der Waals surface area contributed by atoms with Gasteiger partial charge in [-0.3, -0.25) is 0 Å². The molecule has 0 radical (unpaired) electrons. The van der Waals surface area contributed by atoms with Crippen LogP contribution >= 0.6 is 0 Å². The van der Waals surface area contributed by atoms with Gasteiger partial charge in [0.2, 0.25) is 0 Å². The number of hydrogen-bond donors (Lipinski definition) is 1. The van der Waals surface area contributed by atoms with Gasteiger partial charge in [0.1, 0.15) is 23.6 Å². The number of halogens is 3. The summed E-state index contributed by atoms with van der Waals surface area (Å²) in [5.74, 6) is -1.96. The van der Waals surface area contributed by atoms with E-state index in [9.17, 15) is 18.3 Å². The van der Waals surface area contributed by atoms with Gasteiger partial charge in [-0.05, 0) is 35.4 Å². The van der Waals surface area contributed by atoms with Crippen LogP contribution in [0, 0.1) is 17.5 Å². The van der Waals surface area contributed by atoms with Crippen LogP contribution < -0.4 is 0 Å². The first kappa shape index (κ1) is 11.7. The summed E-state index contributed by atoms with van der Waals surface area (Å²) in [6, 6.07) is 7.88. The first-order chi connectivity index (χ1) is 8.06. The van der Waals surface area contributed by atoms with E-state index in [0.717, 1.165) is 18.2 Å². The van der Waals surface area contributed by atoms with Crippen LogP contribution in [0.3, 0.4) is 0 Å². The van der Waals surface area contributed by atoms with Crippen molar-refractivity contribution in [1.29, 1.82) is 0 Å². The van der Waals surface area contributed by atoms with Crippen molar-refractivity contribution in [2.45, 2.75) is 6.10 Å². The molecule has 17 heavy (non-hydrogen) atoms. The fraction of sp³-hybridized carbons (Fsp3) is 0.0769. The van der Waals surface area contributed by atoms with E-state index in [2.05, 4.69) is 0 Å². The number of benzene rings is 2. The van der Waals surface area contributed by atoms with Crippen molar-refractivity contribution >= 4 is 0 Å². The summed E-state index contributed by atoms with van der Waals surface area (Å²) >= 11 is 0. The molecule has 0 bridgehead atoms. The summed E-state index contributed by atoms with van der Waals surface area (Å²) < 4.78 is 38.6. The molecule has 0 saturated carbocycles. The molecule has 0 heterocycles. The second-order valence-corrected chi connectivity index (χ2v) is 3.66. The minimum Gasteiger partial charge on any atom is -0.384 e. The predicted molar refractivity (Wildman–Crippen MR) is 56.8 cm³/mol. The Morgan fingerprint density at radius 1 is 0.706 bits per heavy atom. The van der Waals surface area contributed by atoms with Gasteiger partial charge in [0.15, 0.2) is 0 Å². The van der Waals surface area contributed by atoms with E-state index in [0.29, 0.717) is 5.56 Å². The van der Waals surface area contributed by atoms with Gasteiger partial charge < -0.3 is 5.11 Å². The van der Waals surface area contributed by atoms with E-state index in [-0.39, 0.29) is 5.56 Å². The van der Waals surface area contributed by atoms with Gasteiger partial charge in [-0.15, -0.1) is 0 Å². The highest BCUT2D eigenvalue weighted by molar-refractivity contribution is 5.30. The molecule has 1 atom stereocenters. The number of aliphatic hydroxyl groups excluding tert-OH is 1. The molecular formula is C13H9F3O. The van der Waals surface area contributed by atoms with Crippen LogP contribution in [0.5, 0.6) is 0 Å². The van der Waals surface area contributed by atoms with Crippen LogP contribution in [0.1, 0.15) is 17.2 Å². The fourth-order valence-electron chi connectivity index (χ4n) is 1.57. The average molecular weight is 238 g/mol. The molecule has 0 aliphatic rings. The zero-order valence-electron chi connectivity index (χ0n) is 8.70. The zero-order chi connectivity index (χ0) is 12.4. The van der Waals surface area contributed by atoms with Crippen molar-refractivity contribution in [3.63, 3.8) is 0 Å². The van der Waals surface area contributed by atoms with Crippen molar-refractivity contribution in [3.05, 3.63) is 71.0 Å². The lowest BCUT2D eigenvalue weighted by Crippen LogP contribution is -2.01. The highest BCUT2D eigenvalue weighted by atomic mass is 19.1. The van der Waals surface area contributed by atoms with E-state index in [1.807, 2.05) is 0 Å². The second kappa shape index (κ2) is 4.59. The molecule has 0 aromatic heterocycles. The average Bonchev–Trinajstić information content (AvgIpc) is 2.28. The summed E-state index contributed by atoms with van der Waals surface area (Å²) in [6.45, 7) is 0. The molecule has 2 aromatic carbocycles. The maximum absolute atomic E-state index is 13.0. The van der Waals surface area contributed by atoms with Gasteiger partial charge in [-0.1, -0.05) is 12.1 Å². The standard InChI is InChI=1S/C13H9F3O/c14-10-3-1-8(2-4-10)13(17)9-5-11(15)7-12(16)6-9/h1-7,13,17H. The topological polar surface area (TPSA) is 20.2 Å². The molecular weight excluding hydrogens is 229 g/mol. The molecule has 0 amide bonds. The van der Waals surface area contributed by atoms with Crippen molar-refractivity contribution in [3.8, 4) is 0 Å². The molecule has 0 spiro atoms. The van der Waals surface area contributed by atoms with Gasteiger partial charge in [0.25, 0.3) is 0 Å². The Morgan fingerprint density at radius 2 is 1.24 bits per heavy atom. The maximum atomic E-state index is 13.0. The highest BCUT2D eigenvalue weighted by Gasteiger charge is 2.12. The lowest BCUT2D eigenvalue weighted by molar-refractivity contribution is 0.219. The number of aliphatic hydroxyl groups is 1. The van der Waals surface area contributed by atoms with Gasteiger partial charge >= 0.3 is 0 Å². The maximum Gasteiger partial charge on any atom is 0.126 e. The normalized spacial score (nSPS) is 12.5. The highest BCUT2D eigenvalue weighted by Crippen LogP contribution is 2.23. The van der Waals surface area contributed by atoms with E-state index in [1.165, 1.54) is 24.3 Å². The van der Waals surface area contributed by atoms with Gasteiger partial charge in [-0.2, -0.15) is 0 Å².